The summed E-state index contributed by atoms with van der Waals surface area (Å²) < 4.78 is 23.4. The third-order valence-corrected chi connectivity index (χ3v) is 9.57. The van der Waals surface area contributed by atoms with Crippen LogP contribution in [0, 0.1) is 0 Å². The summed E-state index contributed by atoms with van der Waals surface area (Å²) in [5.74, 6) is -0.199. The summed E-state index contributed by atoms with van der Waals surface area (Å²) in [4.78, 5) is 23.0. The summed E-state index contributed by atoms with van der Waals surface area (Å²) in [5.41, 5.74) is 0. The first-order valence-electron chi connectivity index (χ1n) is 19.9. The van der Waals surface area contributed by atoms with Crippen LogP contribution < -0.4 is 5.32 Å². The molecular formula is C40H78N2O6P+. The number of quaternary nitrogens is 1. The molecule has 9 heteroatoms. The van der Waals surface area contributed by atoms with Crippen molar-refractivity contribution < 1.29 is 32.9 Å². The van der Waals surface area contributed by atoms with Crippen LogP contribution >= 0.6 is 7.82 Å². The molecule has 3 atom stereocenters. The van der Waals surface area contributed by atoms with Crippen LogP contribution in [0.2, 0.25) is 0 Å². The standard InChI is InChI=1S/C40H77N2O6P/c1-6-8-10-12-14-16-18-20-21-22-24-26-28-30-32-34-40(44)41-38(37-48-49(45,46)47-36-35-42(3,4)5)39(43)33-31-29-27-25-23-19-17-15-13-11-9-7-2/h20-21,23,25,31,33,38-39,43H,6-19,22,24,26-30,32,34-37H2,1-5H3,(H-,41,44,45,46)/p+1/b21-20+,25-23+,33-31+/t38-,39+/m0/s1. The number of hydrogen-bond donors (Lipinski definition) is 3. The number of aliphatic hydroxyl groups excluding tert-OH is 1. The Kier molecular flexibility index (Phi) is 31.8. The highest BCUT2D eigenvalue weighted by molar-refractivity contribution is 7.47. The molecule has 3 N–H and O–H groups in total. The van der Waals surface area contributed by atoms with Crippen molar-refractivity contribution in [2.45, 2.75) is 174 Å². The van der Waals surface area contributed by atoms with Crippen LogP contribution in [0.4, 0.5) is 0 Å². The van der Waals surface area contributed by atoms with Gasteiger partial charge in [-0.05, 0) is 57.8 Å². The predicted molar refractivity (Wildman–Crippen MR) is 208 cm³/mol. The summed E-state index contributed by atoms with van der Waals surface area (Å²) in [6.45, 7) is 4.74. The minimum atomic E-state index is -4.34. The molecule has 0 aliphatic rings. The van der Waals surface area contributed by atoms with E-state index in [1.54, 1.807) is 6.08 Å². The van der Waals surface area contributed by atoms with E-state index >= 15 is 0 Å². The van der Waals surface area contributed by atoms with E-state index < -0.39 is 20.0 Å². The zero-order valence-electron chi connectivity index (χ0n) is 32.4. The van der Waals surface area contributed by atoms with Crippen LogP contribution in [0.15, 0.2) is 36.5 Å². The van der Waals surface area contributed by atoms with Gasteiger partial charge < -0.3 is 19.8 Å². The summed E-state index contributed by atoms with van der Waals surface area (Å²) in [5, 5.41) is 13.7. The van der Waals surface area contributed by atoms with Gasteiger partial charge in [-0.15, -0.1) is 0 Å². The largest absolute Gasteiger partial charge is 0.472 e. The zero-order valence-corrected chi connectivity index (χ0v) is 33.3. The van der Waals surface area contributed by atoms with Gasteiger partial charge in [-0.3, -0.25) is 13.8 Å². The zero-order chi connectivity index (χ0) is 36.5. The lowest BCUT2D eigenvalue weighted by Gasteiger charge is -2.25. The molecule has 0 saturated carbocycles. The molecular weight excluding hydrogens is 635 g/mol. The Morgan fingerprint density at radius 2 is 1.12 bits per heavy atom. The van der Waals surface area contributed by atoms with Crippen molar-refractivity contribution in [1.29, 1.82) is 0 Å². The fraction of sp³-hybridized carbons (Fsp3) is 0.825. The highest BCUT2D eigenvalue weighted by Gasteiger charge is 2.27. The topological polar surface area (TPSA) is 105 Å². The van der Waals surface area contributed by atoms with Crippen molar-refractivity contribution >= 4 is 13.7 Å². The molecule has 0 bridgehead atoms. The molecule has 0 aromatic rings. The quantitative estimate of drug-likeness (QED) is 0.0261. The number of phosphoric ester groups is 1. The first-order chi connectivity index (χ1) is 23.5. The van der Waals surface area contributed by atoms with Crippen LogP contribution in [0.3, 0.4) is 0 Å². The highest BCUT2D eigenvalue weighted by atomic mass is 31.2. The molecule has 1 unspecified atom stereocenters. The Balaban J connectivity index is 4.56. The number of nitrogens with zero attached hydrogens (tertiary/aromatic N) is 1. The molecule has 0 aliphatic carbocycles. The Morgan fingerprint density at radius 1 is 0.673 bits per heavy atom. The number of hydrogen-bond acceptors (Lipinski definition) is 5. The van der Waals surface area contributed by atoms with Crippen molar-refractivity contribution in [3.8, 4) is 0 Å². The lowest BCUT2D eigenvalue weighted by atomic mass is 10.1. The summed E-state index contributed by atoms with van der Waals surface area (Å²) in [6.07, 6.45) is 37.8. The summed E-state index contributed by atoms with van der Waals surface area (Å²) in [6, 6.07) is -0.863. The lowest BCUT2D eigenvalue weighted by molar-refractivity contribution is -0.870. The van der Waals surface area contributed by atoms with Crippen molar-refractivity contribution in [3.05, 3.63) is 36.5 Å². The molecule has 0 aromatic carbocycles. The third kappa shape index (κ3) is 34.9. The van der Waals surface area contributed by atoms with Crippen LogP contribution in [-0.2, 0) is 18.4 Å². The van der Waals surface area contributed by atoms with Crippen LogP contribution in [0.25, 0.3) is 0 Å². The Bertz CT molecular complexity index is 902. The maximum Gasteiger partial charge on any atom is 0.472 e. The second-order valence-corrected chi connectivity index (χ2v) is 16.1. The number of nitrogens with one attached hydrogen (secondary N) is 1. The normalized spacial score (nSPS) is 15.0. The number of phosphoric acid groups is 1. The van der Waals surface area contributed by atoms with Crippen LogP contribution in [0.1, 0.15) is 162 Å². The maximum absolute atomic E-state index is 12.8. The van der Waals surface area contributed by atoms with Gasteiger partial charge in [-0.2, -0.15) is 0 Å². The Labute approximate surface area is 302 Å². The SMILES string of the molecule is CCCCCCCC/C=C/CC/C=C/[C@@H](O)[C@H](COP(=O)(O)OCC[N+](C)(C)C)NC(=O)CCCCCCC/C=C/CCCCCCCC. The molecule has 0 saturated heterocycles. The van der Waals surface area contributed by atoms with E-state index in [9.17, 15) is 19.4 Å². The van der Waals surface area contributed by atoms with Gasteiger partial charge in [0.15, 0.2) is 0 Å². The lowest BCUT2D eigenvalue weighted by Crippen LogP contribution is -2.45. The summed E-state index contributed by atoms with van der Waals surface area (Å²) >= 11 is 0. The second-order valence-electron chi connectivity index (χ2n) is 14.6. The van der Waals surface area contributed by atoms with Crippen molar-refractivity contribution in [1.82, 2.24) is 5.32 Å². The Morgan fingerprint density at radius 3 is 1.63 bits per heavy atom. The second kappa shape index (κ2) is 32.6. The van der Waals surface area contributed by atoms with E-state index in [1.165, 1.54) is 89.9 Å². The molecule has 0 fully saturated rings. The molecule has 49 heavy (non-hydrogen) atoms. The third-order valence-electron chi connectivity index (χ3n) is 8.58. The van der Waals surface area contributed by atoms with E-state index in [0.717, 1.165) is 51.4 Å². The average Bonchev–Trinajstić information content (AvgIpc) is 3.04. The number of carbonyl (C=O) groups excluding carboxylic acids is 1. The van der Waals surface area contributed by atoms with Gasteiger partial charge in [0.1, 0.15) is 13.2 Å². The fourth-order valence-electron chi connectivity index (χ4n) is 5.34. The molecule has 288 valence electrons. The smallest absolute Gasteiger partial charge is 0.387 e. The molecule has 0 rings (SSSR count). The molecule has 0 aliphatic heterocycles. The predicted octanol–water partition coefficient (Wildman–Crippen LogP) is 10.4. The first-order valence-corrected chi connectivity index (χ1v) is 21.4. The monoisotopic (exact) mass is 714 g/mol. The van der Waals surface area contributed by atoms with E-state index in [-0.39, 0.29) is 19.1 Å². The Hall–Kier alpha value is -1.28. The number of rotatable bonds is 35. The van der Waals surface area contributed by atoms with Crippen molar-refractivity contribution in [3.63, 3.8) is 0 Å². The van der Waals surface area contributed by atoms with Gasteiger partial charge in [0, 0.05) is 6.42 Å². The average molecular weight is 714 g/mol. The van der Waals surface area contributed by atoms with Gasteiger partial charge in [0.05, 0.1) is 39.9 Å². The summed E-state index contributed by atoms with van der Waals surface area (Å²) in [7, 11) is 1.54. The number of aliphatic hydroxyl groups is 1. The first kappa shape index (κ1) is 47.7. The number of amides is 1. The van der Waals surface area contributed by atoms with Gasteiger partial charge in [0.2, 0.25) is 5.91 Å². The number of likely N-dealkylation sites (N-methyl/N-ethyl adjacent to an activating group) is 1. The highest BCUT2D eigenvalue weighted by Crippen LogP contribution is 2.43. The fourth-order valence-corrected chi connectivity index (χ4v) is 6.08. The van der Waals surface area contributed by atoms with E-state index in [4.69, 9.17) is 9.05 Å². The van der Waals surface area contributed by atoms with E-state index in [1.807, 2.05) is 27.2 Å². The molecule has 1 amide bonds. The minimum absolute atomic E-state index is 0.0542. The molecule has 0 radical (unpaired) electrons. The van der Waals surface area contributed by atoms with Crippen molar-refractivity contribution in [2.75, 3.05) is 40.9 Å². The van der Waals surface area contributed by atoms with Gasteiger partial charge in [-0.1, -0.05) is 134 Å². The minimum Gasteiger partial charge on any atom is -0.387 e. The molecule has 0 aromatic heterocycles. The maximum atomic E-state index is 12.8. The molecule has 0 spiro atoms. The van der Waals surface area contributed by atoms with Gasteiger partial charge in [0.25, 0.3) is 0 Å². The molecule has 8 nitrogen and oxygen atoms in total. The van der Waals surface area contributed by atoms with Crippen LogP contribution in [-0.4, -0.2) is 73.4 Å². The number of allylic oxidation sites excluding steroid dienone is 5. The molecule has 0 heterocycles. The van der Waals surface area contributed by atoms with Gasteiger partial charge >= 0.3 is 7.82 Å². The number of unbranched alkanes of at least 4 members (excludes halogenated alkanes) is 18. The van der Waals surface area contributed by atoms with Crippen molar-refractivity contribution in [2.24, 2.45) is 0 Å². The van der Waals surface area contributed by atoms with Gasteiger partial charge in [-0.25, -0.2) is 4.57 Å². The van der Waals surface area contributed by atoms with E-state index in [2.05, 4.69) is 43.5 Å². The number of carbonyl (C=O) groups is 1. The van der Waals surface area contributed by atoms with Crippen LogP contribution in [0.5, 0.6) is 0 Å². The van der Waals surface area contributed by atoms with E-state index in [0.29, 0.717) is 17.4 Å².